The standard InChI is InChI=1S/C19H15NO5/c21-17(24-13-15-9-5-2-6-10-15)12-20-16(25-19(23)18(20)22)11-14-7-3-1-4-8-14/h1-11H,12-13H2/b16-11-. The largest absolute Gasteiger partial charge is 0.459 e. The van der Waals surface area contributed by atoms with Crippen molar-refractivity contribution in [2.24, 2.45) is 0 Å². The van der Waals surface area contributed by atoms with Crippen molar-refractivity contribution in [1.29, 1.82) is 0 Å². The number of rotatable bonds is 5. The maximum Gasteiger partial charge on any atom is 0.404 e. The summed E-state index contributed by atoms with van der Waals surface area (Å²) in [5.41, 5.74) is 1.57. The second kappa shape index (κ2) is 7.44. The maximum absolute atomic E-state index is 12.0. The van der Waals surface area contributed by atoms with Crippen LogP contribution in [0.1, 0.15) is 11.1 Å². The molecule has 0 bridgehead atoms. The Kier molecular flexibility index (Phi) is 4.89. The summed E-state index contributed by atoms with van der Waals surface area (Å²) >= 11 is 0. The number of cyclic esters (lactones) is 1. The summed E-state index contributed by atoms with van der Waals surface area (Å²) in [6, 6.07) is 18.2. The van der Waals surface area contributed by atoms with E-state index in [-0.39, 0.29) is 12.5 Å². The molecule has 6 heteroatoms. The van der Waals surface area contributed by atoms with E-state index in [9.17, 15) is 14.4 Å². The molecule has 0 aliphatic carbocycles. The van der Waals surface area contributed by atoms with Gasteiger partial charge in [-0.25, -0.2) is 4.79 Å². The van der Waals surface area contributed by atoms with Crippen LogP contribution >= 0.6 is 0 Å². The number of esters is 2. The smallest absolute Gasteiger partial charge is 0.404 e. The van der Waals surface area contributed by atoms with Crippen LogP contribution in [-0.4, -0.2) is 29.3 Å². The lowest BCUT2D eigenvalue weighted by Gasteiger charge is -2.13. The summed E-state index contributed by atoms with van der Waals surface area (Å²) in [7, 11) is 0. The Morgan fingerprint density at radius 3 is 2.32 bits per heavy atom. The minimum Gasteiger partial charge on any atom is -0.459 e. The van der Waals surface area contributed by atoms with Gasteiger partial charge in [-0.15, -0.1) is 0 Å². The van der Waals surface area contributed by atoms with Crippen molar-refractivity contribution < 1.29 is 23.9 Å². The molecule has 0 atom stereocenters. The Hall–Kier alpha value is -3.41. The highest BCUT2D eigenvalue weighted by atomic mass is 16.6. The summed E-state index contributed by atoms with van der Waals surface area (Å²) in [4.78, 5) is 36.4. The van der Waals surface area contributed by atoms with Crippen LogP contribution in [0.25, 0.3) is 6.08 Å². The van der Waals surface area contributed by atoms with E-state index in [1.54, 1.807) is 12.1 Å². The van der Waals surface area contributed by atoms with Crippen LogP contribution < -0.4 is 0 Å². The molecule has 1 amide bonds. The highest BCUT2D eigenvalue weighted by Gasteiger charge is 2.38. The van der Waals surface area contributed by atoms with Crippen LogP contribution in [-0.2, 0) is 30.5 Å². The predicted molar refractivity (Wildman–Crippen MR) is 88.5 cm³/mol. The van der Waals surface area contributed by atoms with Crippen molar-refractivity contribution in [3.63, 3.8) is 0 Å². The third kappa shape index (κ3) is 4.11. The molecule has 2 aromatic rings. The van der Waals surface area contributed by atoms with Gasteiger partial charge in [-0.1, -0.05) is 60.7 Å². The molecular weight excluding hydrogens is 322 g/mol. The molecule has 0 N–H and O–H groups in total. The molecule has 3 rings (SSSR count). The van der Waals surface area contributed by atoms with Crippen LogP contribution in [0.3, 0.4) is 0 Å². The quantitative estimate of drug-likeness (QED) is 0.617. The molecule has 1 heterocycles. The number of hydrogen-bond acceptors (Lipinski definition) is 5. The van der Waals surface area contributed by atoms with Crippen molar-refractivity contribution in [3.05, 3.63) is 77.7 Å². The van der Waals surface area contributed by atoms with Crippen molar-refractivity contribution in [1.82, 2.24) is 4.90 Å². The van der Waals surface area contributed by atoms with Crippen LogP contribution in [0.4, 0.5) is 0 Å². The molecule has 0 aromatic heterocycles. The molecular formula is C19H15NO5. The predicted octanol–water partition coefficient (Wildman–Crippen LogP) is 2.11. The fourth-order valence-corrected chi connectivity index (χ4v) is 2.27. The van der Waals surface area contributed by atoms with Gasteiger partial charge in [0.25, 0.3) is 0 Å². The first-order valence-corrected chi connectivity index (χ1v) is 7.63. The van der Waals surface area contributed by atoms with Crippen LogP contribution in [0.5, 0.6) is 0 Å². The van der Waals surface area contributed by atoms with E-state index < -0.39 is 24.4 Å². The van der Waals surface area contributed by atoms with Gasteiger partial charge in [0.05, 0.1) is 0 Å². The fourth-order valence-electron chi connectivity index (χ4n) is 2.27. The second-order valence-electron chi connectivity index (χ2n) is 5.32. The lowest BCUT2D eigenvalue weighted by atomic mass is 10.2. The molecule has 0 unspecified atom stereocenters. The summed E-state index contributed by atoms with van der Waals surface area (Å²) in [5.74, 6) is -2.52. The van der Waals surface area contributed by atoms with Gasteiger partial charge >= 0.3 is 17.8 Å². The summed E-state index contributed by atoms with van der Waals surface area (Å²) < 4.78 is 10.1. The number of carbonyl (C=O) groups is 3. The minimum absolute atomic E-state index is 0.0119. The molecule has 1 fully saturated rings. The molecule has 126 valence electrons. The lowest BCUT2D eigenvalue weighted by Crippen LogP contribution is -2.32. The van der Waals surface area contributed by atoms with Crippen molar-refractivity contribution in [2.45, 2.75) is 6.61 Å². The minimum atomic E-state index is -1.02. The molecule has 1 aliphatic heterocycles. The summed E-state index contributed by atoms with van der Waals surface area (Å²) in [6.45, 7) is -0.301. The zero-order valence-corrected chi connectivity index (χ0v) is 13.3. The highest BCUT2D eigenvalue weighted by Crippen LogP contribution is 2.20. The number of benzene rings is 2. The molecule has 1 aliphatic rings. The van der Waals surface area contributed by atoms with E-state index in [4.69, 9.17) is 9.47 Å². The average molecular weight is 337 g/mol. The highest BCUT2D eigenvalue weighted by molar-refractivity contribution is 6.35. The van der Waals surface area contributed by atoms with Crippen molar-refractivity contribution in [3.8, 4) is 0 Å². The van der Waals surface area contributed by atoms with E-state index in [1.807, 2.05) is 48.5 Å². The monoisotopic (exact) mass is 337 g/mol. The zero-order chi connectivity index (χ0) is 17.6. The van der Waals surface area contributed by atoms with Gasteiger partial charge in [-0.2, -0.15) is 0 Å². The Labute approximate surface area is 144 Å². The molecule has 0 radical (unpaired) electrons. The lowest BCUT2D eigenvalue weighted by molar-refractivity contribution is -0.150. The van der Waals surface area contributed by atoms with Crippen LogP contribution in [0.2, 0.25) is 0 Å². The topological polar surface area (TPSA) is 72.9 Å². The first kappa shape index (κ1) is 16.4. The van der Waals surface area contributed by atoms with Crippen molar-refractivity contribution in [2.75, 3.05) is 6.54 Å². The Morgan fingerprint density at radius 1 is 1.00 bits per heavy atom. The van der Waals surface area contributed by atoms with Crippen molar-refractivity contribution >= 4 is 23.9 Å². The molecule has 6 nitrogen and oxygen atoms in total. The SMILES string of the molecule is O=C(CN1C(=O)C(=O)O/C1=C\c1ccccc1)OCc1ccccc1. The summed E-state index contributed by atoms with van der Waals surface area (Å²) in [5, 5.41) is 0. The second-order valence-corrected chi connectivity index (χ2v) is 5.32. The Balaban J connectivity index is 1.68. The Morgan fingerprint density at radius 2 is 1.64 bits per heavy atom. The number of nitrogens with zero attached hydrogens (tertiary/aromatic N) is 1. The fraction of sp³-hybridized carbons (Fsp3) is 0.105. The maximum atomic E-state index is 12.0. The molecule has 1 saturated heterocycles. The Bertz CT molecular complexity index is 814. The molecule has 25 heavy (non-hydrogen) atoms. The molecule has 2 aromatic carbocycles. The number of amides is 1. The van der Waals surface area contributed by atoms with Gasteiger partial charge in [-0.05, 0) is 11.1 Å². The number of ether oxygens (including phenoxy) is 2. The van der Waals surface area contributed by atoms with Gasteiger partial charge in [0, 0.05) is 6.08 Å². The third-order valence-corrected chi connectivity index (χ3v) is 3.50. The van der Waals surface area contributed by atoms with Gasteiger partial charge in [0.1, 0.15) is 13.2 Å². The van der Waals surface area contributed by atoms with E-state index in [1.165, 1.54) is 6.08 Å². The van der Waals surface area contributed by atoms with Crippen LogP contribution in [0, 0.1) is 0 Å². The molecule has 0 saturated carbocycles. The number of carbonyl (C=O) groups excluding carboxylic acids is 3. The summed E-state index contributed by atoms with van der Waals surface area (Å²) in [6.07, 6.45) is 1.52. The van der Waals surface area contributed by atoms with E-state index in [0.29, 0.717) is 0 Å². The van der Waals surface area contributed by atoms with Gasteiger partial charge in [0.2, 0.25) is 5.88 Å². The average Bonchev–Trinajstić information content (AvgIpc) is 2.89. The third-order valence-electron chi connectivity index (χ3n) is 3.50. The normalized spacial score (nSPS) is 15.4. The van der Waals surface area contributed by atoms with Gasteiger partial charge in [0.15, 0.2) is 0 Å². The molecule has 0 spiro atoms. The van der Waals surface area contributed by atoms with E-state index >= 15 is 0 Å². The first-order valence-electron chi connectivity index (χ1n) is 7.63. The number of hydrogen-bond donors (Lipinski definition) is 0. The van der Waals surface area contributed by atoms with Gasteiger partial charge < -0.3 is 9.47 Å². The van der Waals surface area contributed by atoms with Crippen LogP contribution in [0.15, 0.2) is 66.5 Å². The zero-order valence-electron chi connectivity index (χ0n) is 13.3. The van der Waals surface area contributed by atoms with Gasteiger partial charge in [-0.3, -0.25) is 14.5 Å². The first-order chi connectivity index (χ1) is 12.1. The van der Waals surface area contributed by atoms with E-state index in [0.717, 1.165) is 16.0 Å². The van der Waals surface area contributed by atoms with E-state index in [2.05, 4.69) is 0 Å².